The van der Waals surface area contributed by atoms with Gasteiger partial charge in [-0.05, 0) is 38.0 Å². The summed E-state index contributed by atoms with van der Waals surface area (Å²) in [5, 5.41) is -0.251. The standard InChI is InChI=1S/C13H22ClNO/c14-12(11-7-3-1-4-8-11)13(16)15-9-5-2-6-10-15/h11-12H,1-10H2. The first-order valence-corrected chi connectivity index (χ1v) is 7.15. The van der Waals surface area contributed by atoms with Gasteiger partial charge in [-0.25, -0.2) is 0 Å². The monoisotopic (exact) mass is 243 g/mol. The Morgan fingerprint density at radius 2 is 1.56 bits per heavy atom. The van der Waals surface area contributed by atoms with Gasteiger partial charge in [-0.1, -0.05) is 19.3 Å². The normalized spacial score (nSPS) is 25.4. The van der Waals surface area contributed by atoms with Crippen molar-refractivity contribution in [3.8, 4) is 0 Å². The van der Waals surface area contributed by atoms with Gasteiger partial charge in [0.25, 0.3) is 0 Å². The van der Waals surface area contributed by atoms with Crippen LogP contribution in [0.15, 0.2) is 0 Å². The average molecular weight is 244 g/mol. The number of halogens is 1. The lowest BCUT2D eigenvalue weighted by Crippen LogP contribution is -2.43. The maximum Gasteiger partial charge on any atom is 0.240 e. The molecule has 1 aliphatic heterocycles. The van der Waals surface area contributed by atoms with Crippen LogP contribution in [0.3, 0.4) is 0 Å². The number of nitrogens with zero attached hydrogens (tertiary/aromatic N) is 1. The van der Waals surface area contributed by atoms with E-state index in [0.29, 0.717) is 5.92 Å². The molecular formula is C13H22ClNO. The lowest BCUT2D eigenvalue weighted by Gasteiger charge is -2.32. The van der Waals surface area contributed by atoms with Gasteiger partial charge in [-0.2, -0.15) is 0 Å². The van der Waals surface area contributed by atoms with E-state index in [9.17, 15) is 4.79 Å². The summed E-state index contributed by atoms with van der Waals surface area (Å²) < 4.78 is 0. The second-order valence-electron chi connectivity index (χ2n) is 5.19. The highest BCUT2D eigenvalue weighted by molar-refractivity contribution is 6.30. The third kappa shape index (κ3) is 2.91. The molecule has 0 aromatic heterocycles. The minimum Gasteiger partial charge on any atom is -0.341 e. The smallest absolute Gasteiger partial charge is 0.240 e. The van der Waals surface area contributed by atoms with E-state index in [0.717, 1.165) is 38.8 Å². The number of hydrogen-bond donors (Lipinski definition) is 0. The van der Waals surface area contributed by atoms with Crippen molar-refractivity contribution in [2.24, 2.45) is 5.92 Å². The molecule has 92 valence electrons. The van der Waals surface area contributed by atoms with Crippen LogP contribution in [0.1, 0.15) is 51.4 Å². The Balaban J connectivity index is 1.86. The van der Waals surface area contributed by atoms with Crippen LogP contribution in [-0.4, -0.2) is 29.3 Å². The second-order valence-corrected chi connectivity index (χ2v) is 5.66. The highest BCUT2D eigenvalue weighted by atomic mass is 35.5. The van der Waals surface area contributed by atoms with Gasteiger partial charge in [0.2, 0.25) is 5.91 Å². The molecule has 0 N–H and O–H groups in total. The number of carbonyl (C=O) groups is 1. The minimum atomic E-state index is -0.251. The van der Waals surface area contributed by atoms with E-state index in [1.54, 1.807) is 0 Å². The van der Waals surface area contributed by atoms with Crippen LogP contribution in [0.25, 0.3) is 0 Å². The number of piperidine rings is 1. The van der Waals surface area contributed by atoms with E-state index in [1.165, 1.54) is 25.7 Å². The van der Waals surface area contributed by atoms with Crippen LogP contribution in [-0.2, 0) is 4.79 Å². The van der Waals surface area contributed by atoms with Crippen LogP contribution < -0.4 is 0 Å². The Bertz CT molecular complexity index is 232. The molecule has 0 aromatic rings. The Hall–Kier alpha value is -0.240. The molecule has 2 rings (SSSR count). The van der Waals surface area contributed by atoms with Crippen molar-refractivity contribution < 1.29 is 4.79 Å². The van der Waals surface area contributed by atoms with Crippen LogP contribution >= 0.6 is 11.6 Å². The van der Waals surface area contributed by atoms with E-state index >= 15 is 0 Å². The van der Waals surface area contributed by atoms with Crippen molar-refractivity contribution in [3.63, 3.8) is 0 Å². The van der Waals surface area contributed by atoms with Gasteiger partial charge in [-0.15, -0.1) is 11.6 Å². The van der Waals surface area contributed by atoms with Gasteiger partial charge in [0.05, 0.1) is 0 Å². The zero-order valence-electron chi connectivity index (χ0n) is 9.96. The van der Waals surface area contributed by atoms with E-state index < -0.39 is 0 Å². The maximum atomic E-state index is 12.2. The summed E-state index contributed by atoms with van der Waals surface area (Å²) in [6.07, 6.45) is 9.68. The van der Waals surface area contributed by atoms with Gasteiger partial charge < -0.3 is 4.90 Å². The number of amides is 1. The molecule has 0 radical (unpaired) electrons. The fourth-order valence-corrected chi connectivity index (χ4v) is 3.31. The molecule has 0 spiro atoms. The summed E-state index contributed by atoms with van der Waals surface area (Å²) in [5.74, 6) is 0.637. The predicted octanol–water partition coefficient (Wildman–Crippen LogP) is 3.19. The Kier molecular flexibility index (Phi) is 4.51. The predicted molar refractivity (Wildman–Crippen MR) is 66.6 cm³/mol. The quantitative estimate of drug-likeness (QED) is 0.683. The fourth-order valence-electron chi connectivity index (χ4n) is 2.92. The first-order chi connectivity index (χ1) is 7.79. The van der Waals surface area contributed by atoms with Crippen LogP contribution in [0.5, 0.6) is 0 Å². The number of carbonyl (C=O) groups excluding carboxylic acids is 1. The van der Waals surface area contributed by atoms with Crippen LogP contribution in [0, 0.1) is 5.92 Å². The van der Waals surface area contributed by atoms with Gasteiger partial charge >= 0.3 is 0 Å². The van der Waals surface area contributed by atoms with Crippen molar-refractivity contribution in [2.45, 2.75) is 56.7 Å². The zero-order chi connectivity index (χ0) is 11.4. The Morgan fingerprint density at radius 3 is 2.19 bits per heavy atom. The summed E-state index contributed by atoms with van der Waals surface area (Å²) in [5.41, 5.74) is 0. The Labute approximate surface area is 103 Å². The number of rotatable bonds is 2. The van der Waals surface area contributed by atoms with E-state index in [-0.39, 0.29) is 11.3 Å². The third-order valence-electron chi connectivity index (χ3n) is 3.97. The van der Waals surface area contributed by atoms with Gasteiger partial charge in [0.1, 0.15) is 5.38 Å². The van der Waals surface area contributed by atoms with Crippen molar-refractivity contribution in [1.29, 1.82) is 0 Å². The van der Waals surface area contributed by atoms with Crippen molar-refractivity contribution >= 4 is 17.5 Å². The Morgan fingerprint density at radius 1 is 1.00 bits per heavy atom. The van der Waals surface area contributed by atoms with E-state index in [1.807, 2.05) is 4.90 Å². The van der Waals surface area contributed by atoms with E-state index in [4.69, 9.17) is 11.6 Å². The molecule has 1 heterocycles. The molecule has 1 saturated carbocycles. The SMILES string of the molecule is O=C(C(Cl)C1CCCCC1)N1CCCCC1. The van der Waals surface area contributed by atoms with Gasteiger partial charge in [-0.3, -0.25) is 4.79 Å². The second kappa shape index (κ2) is 5.90. The van der Waals surface area contributed by atoms with Crippen molar-refractivity contribution in [1.82, 2.24) is 4.90 Å². The van der Waals surface area contributed by atoms with Crippen molar-refractivity contribution in [2.75, 3.05) is 13.1 Å². The average Bonchev–Trinajstić information content (AvgIpc) is 2.39. The minimum absolute atomic E-state index is 0.202. The van der Waals surface area contributed by atoms with Crippen molar-refractivity contribution in [3.05, 3.63) is 0 Å². The molecule has 2 nitrogen and oxygen atoms in total. The molecule has 3 heteroatoms. The van der Waals surface area contributed by atoms with Crippen LogP contribution in [0.4, 0.5) is 0 Å². The first kappa shape index (κ1) is 12.2. The molecule has 2 fully saturated rings. The summed E-state index contributed by atoms with van der Waals surface area (Å²) in [4.78, 5) is 14.2. The maximum absolute atomic E-state index is 12.2. The number of hydrogen-bond acceptors (Lipinski definition) is 1. The molecule has 16 heavy (non-hydrogen) atoms. The topological polar surface area (TPSA) is 20.3 Å². The summed E-state index contributed by atoms with van der Waals surface area (Å²) in [6, 6.07) is 0. The molecule has 1 amide bonds. The molecule has 1 saturated heterocycles. The highest BCUT2D eigenvalue weighted by Crippen LogP contribution is 2.30. The summed E-state index contributed by atoms with van der Waals surface area (Å²) >= 11 is 6.35. The zero-order valence-corrected chi connectivity index (χ0v) is 10.7. The lowest BCUT2D eigenvalue weighted by atomic mass is 9.86. The molecule has 1 aliphatic carbocycles. The molecular weight excluding hydrogens is 222 g/mol. The van der Waals surface area contributed by atoms with Gasteiger partial charge in [0.15, 0.2) is 0 Å². The molecule has 2 aliphatic rings. The summed E-state index contributed by atoms with van der Waals surface area (Å²) in [6.45, 7) is 1.85. The van der Waals surface area contributed by atoms with E-state index in [2.05, 4.69) is 0 Å². The molecule has 0 bridgehead atoms. The molecule has 0 aromatic carbocycles. The van der Waals surface area contributed by atoms with Gasteiger partial charge in [0, 0.05) is 13.1 Å². The number of likely N-dealkylation sites (tertiary alicyclic amines) is 1. The largest absolute Gasteiger partial charge is 0.341 e. The van der Waals surface area contributed by atoms with Crippen LogP contribution in [0.2, 0.25) is 0 Å². The lowest BCUT2D eigenvalue weighted by molar-refractivity contribution is -0.132. The first-order valence-electron chi connectivity index (χ1n) is 6.72. The molecule has 1 atom stereocenters. The number of alkyl halides is 1. The molecule has 1 unspecified atom stereocenters. The fraction of sp³-hybridized carbons (Fsp3) is 0.923. The highest BCUT2D eigenvalue weighted by Gasteiger charge is 2.31. The summed E-state index contributed by atoms with van der Waals surface area (Å²) in [7, 11) is 0. The third-order valence-corrected chi connectivity index (χ3v) is 4.51.